The molecule has 0 heterocycles. The molecule has 0 nitrogen and oxygen atoms in total. The molecule has 0 bridgehead atoms. The van der Waals surface area contributed by atoms with E-state index in [-0.39, 0.29) is 5.31 Å². The molecular weight excluding hydrogens is 179 g/mol. The second kappa shape index (κ2) is 6.20. The number of allylic oxidation sites excluding steroid dienone is 3. The van der Waals surface area contributed by atoms with Crippen LogP contribution in [0.15, 0.2) is 24.8 Å². The lowest BCUT2D eigenvalue weighted by molar-refractivity contribution is 0.399. The first kappa shape index (κ1) is 14.5. The number of hydrogen-bond acceptors (Lipinski definition) is 0. The monoisotopic (exact) mass is 206 g/mol. The summed E-state index contributed by atoms with van der Waals surface area (Å²) in [6, 6.07) is 0. The minimum Gasteiger partial charge on any atom is -0.103 e. The highest BCUT2D eigenvalue weighted by atomic mass is 14.3. The molecule has 0 aromatic heterocycles. The van der Waals surface area contributed by atoms with Crippen molar-refractivity contribution >= 4 is 7.85 Å². The quantitative estimate of drug-likeness (QED) is 0.457. The predicted molar refractivity (Wildman–Crippen MR) is 74.0 cm³/mol. The summed E-state index contributed by atoms with van der Waals surface area (Å²) in [7, 11) is 2.30. The first-order chi connectivity index (χ1) is 6.81. The van der Waals surface area contributed by atoms with Gasteiger partial charge in [-0.05, 0) is 29.5 Å². The second-order valence-corrected chi connectivity index (χ2v) is 5.86. The Kier molecular flexibility index (Phi) is 6.01. The molecule has 0 aromatic rings. The van der Waals surface area contributed by atoms with E-state index in [1.54, 1.807) is 0 Å². The molecule has 2 unspecified atom stereocenters. The predicted octanol–water partition coefficient (Wildman–Crippen LogP) is 3.86. The average molecular weight is 206 g/mol. The van der Waals surface area contributed by atoms with Crippen LogP contribution in [0.3, 0.4) is 0 Å². The first-order valence-electron chi connectivity index (χ1n) is 6.11. The third-order valence-electron chi connectivity index (χ3n) is 2.99. The average Bonchev–Trinajstić information content (AvgIpc) is 2.01. The SMILES string of the molecule is BC(C)(/C=C\CC(C)C)C(C=C)C(C)C. The van der Waals surface area contributed by atoms with E-state index in [4.69, 9.17) is 0 Å². The van der Waals surface area contributed by atoms with Gasteiger partial charge in [-0.3, -0.25) is 0 Å². The van der Waals surface area contributed by atoms with Crippen LogP contribution >= 0.6 is 0 Å². The molecule has 0 saturated carbocycles. The van der Waals surface area contributed by atoms with Crippen LogP contribution < -0.4 is 0 Å². The van der Waals surface area contributed by atoms with Gasteiger partial charge in [0.05, 0.1) is 0 Å². The zero-order chi connectivity index (χ0) is 12.1. The second-order valence-electron chi connectivity index (χ2n) is 5.86. The molecule has 0 N–H and O–H groups in total. The lowest BCUT2D eigenvalue weighted by atomic mass is 9.59. The molecule has 86 valence electrons. The molecule has 0 aromatic carbocycles. The van der Waals surface area contributed by atoms with Crippen molar-refractivity contribution in [2.75, 3.05) is 0 Å². The van der Waals surface area contributed by atoms with Gasteiger partial charge in [-0.25, -0.2) is 0 Å². The van der Waals surface area contributed by atoms with Gasteiger partial charge in [0.25, 0.3) is 0 Å². The fourth-order valence-electron chi connectivity index (χ4n) is 2.19. The van der Waals surface area contributed by atoms with Crippen LogP contribution in [0.5, 0.6) is 0 Å². The van der Waals surface area contributed by atoms with Gasteiger partial charge in [-0.2, -0.15) is 0 Å². The van der Waals surface area contributed by atoms with Crippen molar-refractivity contribution in [2.45, 2.75) is 46.4 Å². The summed E-state index contributed by atoms with van der Waals surface area (Å²) in [5, 5.41) is 0.227. The van der Waals surface area contributed by atoms with Gasteiger partial charge in [0.1, 0.15) is 7.85 Å². The third kappa shape index (κ3) is 5.25. The normalized spacial score (nSPS) is 18.3. The van der Waals surface area contributed by atoms with E-state index in [2.05, 4.69) is 67.3 Å². The van der Waals surface area contributed by atoms with E-state index in [1.165, 1.54) is 6.42 Å². The van der Waals surface area contributed by atoms with Crippen molar-refractivity contribution in [3.63, 3.8) is 0 Å². The Hall–Kier alpha value is -0.455. The summed E-state index contributed by atoms with van der Waals surface area (Å²) < 4.78 is 0. The third-order valence-corrected chi connectivity index (χ3v) is 2.99. The smallest absolute Gasteiger partial charge is 0.103 e. The Balaban J connectivity index is 4.50. The van der Waals surface area contributed by atoms with Crippen LogP contribution in [0.1, 0.15) is 41.0 Å². The molecule has 0 aliphatic carbocycles. The molecule has 0 spiro atoms. The van der Waals surface area contributed by atoms with E-state index in [1.807, 2.05) is 0 Å². The molecule has 0 amide bonds. The number of hydrogen-bond donors (Lipinski definition) is 0. The molecular formula is C14H27B. The fraction of sp³-hybridized carbons (Fsp3) is 0.714. The van der Waals surface area contributed by atoms with E-state index >= 15 is 0 Å². The fourth-order valence-corrected chi connectivity index (χ4v) is 2.19. The zero-order valence-corrected chi connectivity index (χ0v) is 11.4. The Morgan fingerprint density at radius 2 is 1.80 bits per heavy atom. The van der Waals surface area contributed by atoms with Crippen molar-refractivity contribution in [3.8, 4) is 0 Å². The Labute approximate surface area is 97.3 Å². The van der Waals surface area contributed by atoms with Crippen LogP contribution in [-0.4, -0.2) is 7.85 Å². The van der Waals surface area contributed by atoms with E-state index in [9.17, 15) is 0 Å². The molecule has 0 radical (unpaired) electrons. The minimum atomic E-state index is 0.227. The molecule has 15 heavy (non-hydrogen) atoms. The number of rotatable bonds is 6. The van der Waals surface area contributed by atoms with Gasteiger partial charge in [0.15, 0.2) is 0 Å². The highest BCUT2D eigenvalue weighted by molar-refractivity contribution is 6.16. The van der Waals surface area contributed by atoms with Gasteiger partial charge >= 0.3 is 0 Å². The van der Waals surface area contributed by atoms with E-state index < -0.39 is 0 Å². The summed E-state index contributed by atoms with van der Waals surface area (Å²) in [6.07, 6.45) is 7.96. The molecule has 0 aliphatic heterocycles. The van der Waals surface area contributed by atoms with Crippen molar-refractivity contribution in [1.82, 2.24) is 0 Å². The molecule has 0 fully saturated rings. The topological polar surface area (TPSA) is 0 Å². The highest BCUT2D eigenvalue weighted by Gasteiger charge is 2.26. The lowest BCUT2D eigenvalue weighted by Crippen LogP contribution is -2.21. The van der Waals surface area contributed by atoms with Gasteiger partial charge < -0.3 is 0 Å². The maximum absolute atomic E-state index is 3.96. The van der Waals surface area contributed by atoms with Crippen LogP contribution in [0.2, 0.25) is 5.31 Å². The van der Waals surface area contributed by atoms with E-state index in [0.717, 1.165) is 5.92 Å². The largest absolute Gasteiger partial charge is 0.114 e. The van der Waals surface area contributed by atoms with Gasteiger partial charge in [0.2, 0.25) is 0 Å². The Morgan fingerprint density at radius 1 is 1.27 bits per heavy atom. The Bertz CT molecular complexity index is 211. The molecule has 0 rings (SSSR count). The van der Waals surface area contributed by atoms with Gasteiger partial charge in [0, 0.05) is 0 Å². The van der Waals surface area contributed by atoms with Crippen molar-refractivity contribution in [1.29, 1.82) is 0 Å². The summed E-state index contributed by atoms with van der Waals surface area (Å²) >= 11 is 0. The van der Waals surface area contributed by atoms with Crippen LogP contribution in [-0.2, 0) is 0 Å². The first-order valence-corrected chi connectivity index (χ1v) is 6.11. The zero-order valence-electron chi connectivity index (χ0n) is 11.4. The van der Waals surface area contributed by atoms with Crippen molar-refractivity contribution in [3.05, 3.63) is 24.8 Å². The van der Waals surface area contributed by atoms with Gasteiger partial charge in [-0.1, -0.05) is 52.8 Å². The van der Waals surface area contributed by atoms with Crippen LogP contribution in [0.25, 0.3) is 0 Å². The molecule has 0 aliphatic rings. The molecule has 1 heteroatoms. The standard InChI is InChI=1S/C14H27B/c1-7-13(12(4)5)14(6,15)10-8-9-11(2)3/h7-8,10-13H,1,9,15H2,2-6H3/b10-8-. The Morgan fingerprint density at radius 3 is 2.13 bits per heavy atom. The van der Waals surface area contributed by atoms with Crippen molar-refractivity contribution < 1.29 is 0 Å². The van der Waals surface area contributed by atoms with Gasteiger partial charge in [-0.15, -0.1) is 6.58 Å². The highest BCUT2D eigenvalue weighted by Crippen LogP contribution is 2.39. The lowest BCUT2D eigenvalue weighted by Gasteiger charge is -2.32. The summed E-state index contributed by atoms with van der Waals surface area (Å²) in [4.78, 5) is 0. The van der Waals surface area contributed by atoms with Crippen LogP contribution in [0.4, 0.5) is 0 Å². The van der Waals surface area contributed by atoms with E-state index in [0.29, 0.717) is 11.8 Å². The maximum atomic E-state index is 3.96. The summed E-state index contributed by atoms with van der Waals surface area (Å²) in [6.45, 7) is 15.3. The van der Waals surface area contributed by atoms with Crippen molar-refractivity contribution in [2.24, 2.45) is 17.8 Å². The summed E-state index contributed by atoms with van der Waals surface area (Å²) in [5.74, 6) is 1.96. The molecule has 0 saturated heterocycles. The molecule has 2 atom stereocenters. The van der Waals surface area contributed by atoms with Crippen LogP contribution in [0, 0.1) is 17.8 Å². The minimum absolute atomic E-state index is 0.227. The maximum Gasteiger partial charge on any atom is 0.114 e. The summed E-state index contributed by atoms with van der Waals surface area (Å²) in [5.41, 5.74) is 0.